The molecular formula is C27H43NO3P+. The minimum atomic E-state index is -2.16. The third-order valence-corrected chi connectivity index (χ3v) is 5.44. The molecule has 0 aliphatic rings. The van der Waals surface area contributed by atoms with Crippen LogP contribution in [0.15, 0.2) is 42.5 Å². The number of aryl methyl sites for hydroxylation is 1. The Morgan fingerprint density at radius 3 is 2.00 bits per heavy atom. The van der Waals surface area contributed by atoms with E-state index in [1.807, 2.05) is 19.1 Å². The van der Waals surface area contributed by atoms with Gasteiger partial charge < -0.3 is 10.5 Å². The molecule has 0 aliphatic heterocycles. The van der Waals surface area contributed by atoms with E-state index < -0.39 is 8.03 Å². The summed E-state index contributed by atoms with van der Waals surface area (Å²) in [6.45, 7) is 17.1. The Kier molecular flexibility index (Phi) is 11.6. The standard InChI is InChI=1S/C20H35NO.C7H7O2P/c1-19(2,3)14-16-9-10-17(15-20(4,5)6)18(13-16)22-12-8-7-11-21;1-6-2-4-7(5-3-6)10(8)9/h9-10,13H,7-8,11-12,14-15,21H2,1-6H3;2-5H,1H3/p+1. The lowest BCUT2D eigenvalue weighted by Gasteiger charge is -2.23. The van der Waals surface area contributed by atoms with Crippen molar-refractivity contribution in [2.75, 3.05) is 13.2 Å². The van der Waals surface area contributed by atoms with Crippen molar-refractivity contribution in [1.29, 1.82) is 0 Å². The second-order valence-electron chi connectivity index (χ2n) is 10.9. The van der Waals surface area contributed by atoms with E-state index >= 15 is 0 Å². The highest BCUT2D eigenvalue weighted by atomic mass is 31.1. The van der Waals surface area contributed by atoms with Crippen LogP contribution >= 0.6 is 8.03 Å². The molecule has 1 unspecified atom stereocenters. The third kappa shape index (κ3) is 12.3. The summed E-state index contributed by atoms with van der Waals surface area (Å²) in [4.78, 5) is 8.62. The Morgan fingerprint density at radius 1 is 0.906 bits per heavy atom. The topological polar surface area (TPSA) is 72.5 Å². The van der Waals surface area contributed by atoms with Crippen molar-refractivity contribution >= 4 is 13.3 Å². The molecule has 0 radical (unpaired) electrons. The molecule has 32 heavy (non-hydrogen) atoms. The van der Waals surface area contributed by atoms with E-state index in [-0.39, 0.29) is 5.41 Å². The molecule has 0 aliphatic carbocycles. The summed E-state index contributed by atoms with van der Waals surface area (Å²) in [5.74, 6) is 1.06. The van der Waals surface area contributed by atoms with E-state index in [4.69, 9.17) is 15.4 Å². The highest BCUT2D eigenvalue weighted by Gasteiger charge is 2.17. The van der Waals surface area contributed by atoms with E-state index in [2.05, 4.69) is 59.7 Å². The lowest BCUT2D eigenvalue weighted by molar-refractivity contribution is 0.298. The van der Waals surface area contributed by atoms with E-state index in [0.29, 0.717) is 10.7 Å². The molecular weight excluding hydrogens is 417 g/mol. The molecule has 0 saturated heterocycles. The van der Waals surface area contributed by atoms with Crippen molar-refractivity contribution in [1.82, 2.24) is 0 Å². The van der Waals surface area contributed by atoms with Crippen molar-refractivity contribution in [3.8, 4) is 5.75 Å². The molecule has 0 fully saturated rings. The Morgan fingerprint density at radius 2 is 1.50 bits per heavy atom. The summed E-state index contributed by atoms with van der Waals surface area (Å²) in [6, 6.07) is 13.7. The fourth-order valence-corrected chi connectivity index (χ4v) is 3.68. The number of rotatable bonds is 8. The first-order valence-corrected chi connectivity index (χ1v) is 12.7. The lowest BCUT2D eigenvalue weighted by Crippen LogP contribution is -2.13. The predicted octanol–water partition coefficient (Wildman–Crippen LogP) is 6.34. The second kappa shape index (κ2) is 13.1. The molecule has 0 heterocycles. The van der Waals surface area contributed by atoms with Crippen LogP contribution in [0.25, 0.3) is 0 Å². The van der Waals surface area contributed by atoms with Gasteiger partial charge in [0.2, 0.25) is 5.30 Å². The average molecular weight is 461 g/mol. The van der Waals surface area contributed by atoms with Gasteiger partial charge in [-0.3, -0.25) is 0 Å². The summed E-state index contributed by atoms with van der Waals surface area (Å²) in [7, 11) is -2.16. The molecule has 0 spiro atoms. The number of nitrogens with two attached hydrogens (primary N) is 1. The van der Waals surface area contributed by atoms with Crippen LogP contribution in [0.2, 0.25) is 0 Å². The fraction of sp³-hybridized carbons (Fsp3) is 0.556. The minimum absolute atomic E-state index is 0.265. The van der Waals surface area contributed by atoms with Crippen molar-refractivity contribution < 1.29 is 14.2 Å². The van der Waals surface area contributed by atoms with Crippen LogP contribution in [0.5, 0.6) is 5.75 Å². The van der Waals surface area contributed by atoms with Crippen LogP contribution in [0, 0.1) is 17.8 Å². The number of hydrogen-bond acceptors (Lipinski definition) is 3. The van der Waals surface area contributed by atoms with Gasteiger partial charge in [-0.1, -0.05) is 71.4 Å². The molecule has 5 heteroatoms. The van der Waals surface area contributed by atoms with Crippen molar-refractivity contribution in [3.05, 3.63) is 59.2 Å². The van der Waals surface area contributed by atoms with Gasteiger partial charge in [0, 0.05) is 0 Å². The fourth-order valence-electron chi connectivity index (χ4n) is 3.27. The molecule has 4 nitrogen and oxygen atoms in total. The maximum atomic E-state index is 10.5. The molecule has 1 atom stereocenters. The quantitative estimate of drug-likeness (QED) is 0.356. The Bertz CT molecular complexity index is 833. The molecule has 178 valence electrons. The highest BCUT2D eigenvalue weighted by molar-refractivity contribution is 7.47. The molecule has 0 aromatic heterocycles. The maximum Gasteiger partial charge on any atom is 0.546 e. The largest absolute Gasteiger partial charge is 0.546 e. The van der Waals surface area contributed by atoms with Crippen molar-refractivity contribution in [2.24, 2.45) is 16.6 Å². The van der Waals surface area contributed by atoms with Crippen LogP contribution in [0.1, 0.15) is 71.1 Å². The van der Waals surface area contributed by atoms with Crippen LogP contribution in [0.3, 0.4) is 0 Å². The Balaban J connectivity index is 0.000000425. The van der Waals surface area contributed by atoms with Gasteiger partial charge in [-0.2, -0.15) is 4.89 Å². The number of unbranched alkanes of at least 4 members (excludes halogenated alkanes) is 1. The van der Waals surface area contributed by atoms with Gasteiger partial charge in [-0.25, -0.2) is 0 Å². The van der Waals surface area contributed by atoms with Gasteiger partial charge in [0.15, 0.2) is 0 Å². The first kappa shape index (κ1) is 28.3. The third-order valence-electron chi connectivity index (χ3n) is 4.70. The first-order chi connectivity index (χ1) is 14.8. The van der Waals surface area contributed by atoms with Crippen LogP contribution in [-0.2, 0) is 17.4 Å². The normalized spacial score (nSPS) is 12.1. The molecule has 2 aromatic carbocycles. The van der Waals surface area contributed by atoms with Gasteiger partial charge in [0.25, 0.3) is 0 Å². The van der Waals surface area contributed by atoms with E-state index in [9.17, 15) is 4.57 Å². The van der Waals surface area contributed by atoms with Gasteiger partial charge in [-0.05, 0) is 83.9 Å². The van der Waals surface area contributed by atoms with Crippen molar-refractivity contribution in [2.45, 2.75) is 74.1 Å². The predicted molar refractivity (Wildman–Crippen MR) is 137 cm³/mol. The average Bonchev–Trinajstić information content (AvgIpc) is 2.66. The first-order valence-electron chi connectivity index (χ1n) is 11.5. The van der Waals surface area contributed by atoms with Crippen molar-refractivity contribution in [3.63, 3.8) is 0 Å². The zero-order valence-corrected chi connectivity index (χ0v) is 22.0. The van der Waals surface area contributed by atoms with E-state index in [0.717, 1.165) is 50.1 Å². The van der Waals surface area contributed by atoms with E-state index in [1.165, 1.54) is 11.1 Å². The zero-order chi connectivity index (χ0) is 24.4. The monoisotopic (exact) mass is 460 g/mol. The molecule has 2 aromatic rings. The van der Waals surface area contributed by atoms with Crippen LogP contribution < -0.4 is 15.8 Å². The van der Waals surface area contributed by atoms with Crippen LogP contribution in [-0.4, -0.2) is 18.0 Å². The molecule has 0 amide bonds. The van der Waals surface area contributed by atoms with Gasteiger partial charge >= 0.3 is 8.03 Å². The lowest BCUT2D eigenvalue weighted by atomic mass is 9.85. The Hall–Kier alpha value is -1.74. The summed E-state index contributed by atoms with van der Waals surface area (Å²) in [6.07, 6.45) is 4.15. The smallest absolute Gasteiger partial charge is 0.493 e. The number of hydrogen-bond donors (Lipinski definition) is 2. The number of benzene rings is 2. The minimum Gasteiger partial charge on any atom is -0.493 e. The second-order valence-corrected chi connectivity index (χ2v) is 11.9. The summed E-state index contributed by atoms with van der Waals surface area (Å²) in [5, 5.41) is 0.487. The van der Waals surface area contributed by atoms with E-state index in [1.54, 1.807) is 12.1 Å². The zero-order valence-electron chi connectivity index (χ0n) is 21.1. The van der Waals surface area contributed by atoms with Crippen LogP contribution in [0.4, 0.5) is 0 Å². The van der Waals surface area contributed by atoms with Gasteiger partial charge in [0.1, 0.15) is 5.75 Å². The SMILES string of the molecule is CC(C)(C)Cc1ccc(CC(C)(C)C)c(OCCCCN)c1.Cc1ccc([P+](=O)O)cc1. The molecule has 3 N–H and O–H groups in total. The maximum absolute atomic E-state index is 10.5. The highest BCUT2D eigenvalue weighted by Crippen LogP contribution is 2.31. The van der Waals surface area contributed by atoms with Gasteiger partial charge in [-0.15, -0.1) is 0 Å². The Labute approximate surface area is 196 Å². The van der Waals surface area contributed by atoms with Gasteiger partial charge in [0.05, 0.1) is 6.61 Å². The molecule has 0 saturated carbocycles. The molecule has 0 bridgehead atoms. The number of ether oxygens (including phenoxy) is 1. The molecule has 2 rings (SSSR count). The summed E-state index contributed by atoms with van der Waals surface area (Å²) in [5.41, 5.74) is 9.89. The summed E-state index contributed by atoms with van der Waals surface area (Å²) < 4.78 is 16.5. The summed E-state index contributed by atoms with van der Waals surface area (Å²) >= 11 is 0.